The van der Waals surface area contributed by atoms with Gasteiger partial charge in [-0.05, 0) is 19.3 Å². The van der Waals surface area contributed by atoms with E-state index in [1.165, 1.54) is 7.11 Å². The fraction of sp³-hybridized carbons (Fsp3) is 0.769. The molecule has 0 aromatic carbocycles. The van der Waals surface area contributed by atoms with E-state index in [9.17, 15) is 14.4 Å². The maximum Gasteiger partial charge on any atom is 0.305 e. The Balaban J connectivity index is 2.08. The summed E-state index contributed by atoms with van der Waals surface area (Å²) in [4.78, 5) is 34.8. The lowest BCUT2D eigenvalue weighted by Crippen LogP contribution is -2.34. The second-order valence-corrected chi connectivity index (χ2v) is 4.57. The van der Waals surface area contributed by atoms with Gasteiger partial charge in [0.15, 0.2) is 0 Å². The van der Waals surface area contributed by atoms with Crippen molar-refractivity contribution >= 4 is 18.2 Å². The number of hydrogen-bond donors (Lipinski definition) is 0. The summed E-state index contributed by atoms with van der Waals surface area (Å²) in [6, 6.07) is -0.215. The molecule has 0 bridgehead atoms. The molecular formula is C13H21NO4. The first-order valence-corrected chi connectivity index (χ1v) is 6.50. The number of esters is 1. The molecule has 1 aliphatic heterocycles. The van der Waals surface area contributed by atoms with Crippen LogP contribution in [-0.2, 0) is 19.1 Å². The van der Waals surface area contributed by atoms with E-state index in [1.807, 2.05) is 0 Å². The molecule has 0 aliphatic carbocycles. The van der Waals surface area contributed by atoms with Crippen LogP contribution in [0.2, 0.25) is 0 Å². The molecule has 1 atom stereocenters. The van der Waals surface area contributed by atoms with Crippen LogP contribution >= 0.6 is 0 Å². The first kappa shape index (κ1) is 14.7. The van der Waals surface area contributed by atoms with E-state index in [-0.39, 0.29) is 17.9 Å². The van der Waals surface area contributed by atoms with Crippen molar-refractivity contribution < 1.29 is 19.1 Å². The predicted octanol–water partition coefficient (Wildman–Crippen LogP) is 1.30. The van der Waals surface area contributed by atoms with Crippen molar-refractivity contribution in [3.63, 3.8) is 0 Å². The monoisotopic (exact) mass is 255 g/mol. The van der Waals surface area contributed by atoms with Crippen LogP contribution < -0.4 is 0 Å². The highest BCUT2D eigenvalue weighted by molar-refractivity contribution is 5.83. The smallest absolute Gasteiger partial charge is 0.305 e. The van der Waals surface area contributed by atoms with Gasteiger partial charge < -0.3 is 14.4 Å². The van der Waals surface area contributed by atoms with E-state index in [0.717, 1.165) is 32.0 Å². The van der Waals surface area contributed by atoms with Gasteiger partial charge >= 0.3 is 5.97 Å². The van der Waals surface area contributed by atoms with Crippen LogP contribution in [0.4, 0.5) is 0 Å². The van der Waals surface area contributed by atoms with Crippen LogP contribution in [0.15, 0.2) is 0 Å². The Morgan fingerprint density at radius 1 is 1.39 bits per heavy atom. The first-order valence-electron chi connectivity index (χ1n) is 6.50. The zero-order chi connectivity index (χ0) is 13.4. The number of amides is 1. The molecule has 5 nitrogen and oxygen atoms in total. The quantitative estimate of drug-likeness (QED) is 0.372. The van der Waals surface area contributed by atoms with E-state index in [4.69, 9.17) is 0 Å². The number of ether oxygens (including phenoxy) is 1. The molecule has 1 fully saturated rings. The van der Waals surface area contributed by atoms with E-state index < -0.39 is 0 Å². The van der Waals surface area contributed by atoms with Gasteiger partial charge in [-0.25, -0.2) is 0 Å². The van der Waals surface area contributed by atoms with Gasteiger partial charge in [-0.1, -0.05) is 12.8 Å². The summed E-state index contributed by atoms with van der Waals surface area (Å²) in [6.07, 6.45) is 6.08. The van der Waals surface area contributed by atoms with Gasteiger partial charge in [0.25, 0.3) is 0 Å². The Hall–Kier alpha value is -1.39. The van der Waals surface area contributed by atoms with Gasteiger partial charge in [0.05, 0.1) is 13.2 Å². The maximum absolute atomic E-state index is 11.5. The lowest BCUT2D eigenvalue weighted by Gasteiger charge is -2.20. The minimum atomic E-state index is -0.215. The maximum atomic E-state index is 11.5. The van der Waals surface area contributed by atoms with Gasteiger partial charge in [0.1, 0.15) is 6.29 Å². The number of rotatable bonds is 8. The Labute approximate surface area is 107 Å². The molecule has 5 heteroatoms. The average Bonchev–Trinajstić information content (AvgIpc) is 2.74. The van der Waals surface area contributed by atoms with Crippen LogP contribution in [0, 0.1) is 0 Å². The number of unbranched alkanes of at least 4 members (excludes halogenated alkanes) is 3. The van der Waals surface area contributed by atoms with Crippen LogP contribution in [0.1, 0.15) is 44.9 Å². The zero-order valence-corrected chi connectivity index (χ0v) is 10.9. The van der Waals surface area contributed by atoms with E-state index in [2.05, 4.69) is 4.74 Å². The summed E-state index contributed by atoms with van der Waals surface area (Å²) in [5, 5.41) is 0. The van der Waals surface area contributed by atoms with Gasteiger partial charge in [-0.2, -0.15) is 0 Å². The third-order valence-electron chi connectivity index (χ3n) is 3.29. The molecule has 0 radical (unpaired) electrons. The Morgan fingerprint density at radius 3 is 2.78 bits per heavy atom. The highest BCUT2D eigenvalue weighted by Gasteiger charge is 2.29. The third-order valence-corrected chi connectivity index (χ3v) is 3.29. The summed E-state index contributed by atoms with van der Waals surface area (Å²) in [7, 11) is 1.39. The first-order chi connectivity index (χ1) is 8.69. The lowest BCUT2D eigenvalue weighted by atomic mass is 10.1. The molecule has 1 aliphatic rings. The number of carbonyl (C=O) groups is 3. The summed E-state index contributed by atoms with van der Waals surface area (Å²) in [6.45, 7) is 0.653. The predicted molar refractivity (Wildman–Crippen MR) is 65.9 cm³/mol. The lowest BCUT2D eigenvalue weighted by molar-refractivity contribution is -0.140. The molecular weight excluding hydrogens is 234 g/mol. The molecule has 0 N–H and O–H groups in total. The van der Waals surface area contributed by atoms with Crippen molar-refractivity contribution in [3.05, 3.63) is 0 Å². The number of nitrogens with zero attached hydrogens (tertiary/aromatic N) is 1. The SMILES string of the molecule is COC(=O)CCCCCCN1C(=O)CC[C@@H]1C=O. The van der Waals surface area contributed by atoms with Crippen molar-refractivity contribution in [1.29, 1.82) is 0 Å². The topological polar surface area (TPSA) is 63.7 Å². The fourth-order valence-electron chi connectivity index (χ4n) is 2.19. The second-order valence-electron chi connectivity index (χ2n) is 4.57. The molecule has 1 rings (SSSR count). The Bertz CT molecular complexity index is 303. The molecule has 1 amide bonds. The fourth-order valence-corrected chi connectivity index (χ4v) is 2.19. The van der Waals surface area contributed by atoms with Crippen molar-refractivity contribution in [3.8, 4) is 0 Å². The minimum absolute atomic E-state index is 0.0849. The molecule has 0 spiro atoms. The molecule has 0 aromatic heterocycles. The van der Waals surface area contributed by atoms with Gasteiger partial charge in [0, 0.05) is 19.4 Å². The van der Waals surface area contributed by atoms with Crippen molar-refractivity contribution in [1.82, 2.24) is 4.90 Å². The molecule has 1 heterocycles. The van der Waals surface area contributed by atoms with Crippen molar-refractivity contribution in [2.75, 3.05) is 13.7 Å². The highest BCUT2D eigenvalue weighted by atomic mass is 16.5. The van der Waals surface area contributed by atoms with Crippen molar-refractivity contribution in [2.45, 2.75) is 51.0 Å². The van der Waals surface area contributed by atoms with Crippen LogP contribution in [0.3, 0.4) is 0 Å². The summed E-state index contributed by atoms with van der Waals surface area (Å²) in [5.74, 6) is -0.0904. The van der Waals surface area contributed by atoms with E-state index in [1.54, 1.807) is 4.90 Å². The number of hydrogen-bond acceptors (Lipinski definition) is 4. The third kappa shape index (κ3) is 4.47. The van der Waals surface area contributed by atoms with Crippen molar-refractivity contribution in [2.24, 2.45) is 0 Å². The number of methoxy groups -OCH3 is 1. The summed E-state index contributed by atoms with van der Waals surface area (Å²) < 4.78 is 4.55. The minimum Gasteiger partial charge on any atom is -0.469 e. The molecule has 18 heavy (non-hydrogen) atoms. The van der Waals surface area contributed by atoms with Crippen LogP contribution in [-0.4, -0.2) is 42.8 Å². The standard InChI is InChI=1S/C13H21NO4/c1-18-13(17)6-4-2-3-5-9-14-11(10-15)7-8-12(14)16/h10-11H,2-9H2,1H3/t11-/m1/s1. The summed E-state index contributed by atoms with van der Waals surface area (Å²) in [5.41, 5.74) is 0. The average molecular weight is 255 g/mol. The largest absolute Gasteiger partial charge is 0.469 e. The molecule has 102 valence electrons. The molecule has 1 saturated heterocycles. The Kier molecular flexibility index (Phi) is 6.39. The normalized spacial score (nSPS) is 19.1. The number of carbonyl (C=O) groups excluding carboxylic acids is 3. The van der Waals surface area contributed by atoms with Crippen LogP contribution in [0.25, 0.3) is 0 Å². The highest BCUT2D eigenvalue weighted by Crippen LogP contribution is 2.18. The van der Waals surface area contributed by atoms with Gasteiger partial charge in [0.2, 0.25) is 5.91 Å². The zero-order valence-electron chi connectivity index (χ0n) is 10.9. The Morgan fingerprint density at radius 2 is 2.11 bits per heavy atom. The second kappa shape index (κ2) is 7.84. The van der Waals surface area contributed by atoms with E-state index >= 15 is 0 Å². The summed E-state index contributed by atoms with van der Waals surface area (Å²) >= 11 is 0. The number of aldehydes is 1. The number of likely N-dealkylation sites (tertiary alicyclic amines) is 1. The molecule has 0 aromatic rings. The van der Waals surface area contributed by atoms with Gasteiger partial charge in [-0.15, -0.1) is 0 Å². The van der Waals surface area contributed by atoms with E-state index in [0.29, 0.717) is 25.8 Å². The molecule has 0 unspecified atom stereocenters. The molecule has 0 saturated carbocycles. The van der Waals surface area contributed by atoms with Crippen LogP contribution in [0.5, 0.6) is 0 Å². The van der Waals surface area contributed by atoms with Gasteiger partial charge in [-0.3, -0.25) is 9.59 Å².